The fourth-order valence-electron chi connectivity index (χ4n) is 2.86. The van der Waals surface area contributed by atoms with Crippen LogP contribution in [0.3, 0.4) is 0 Å². The molecule has 0 amide bonds. The Balaban J connectivity index is 0.000000487. The summed E-state index contributed by atoms with van der Waals surface area (Å²) in [5.74, 6) is -3.12. The van der Waals surface area contributed by atoms with E-state index in [-0.39, 0.29) is 0 Å². The lowest BCUT2D eigenvalue weighted by molar-refractivity contribution is -0.159. The Hall–Kier alpha value is -2.67. The molecule has 0 aromatic heterocycles. The highest BCUT2D eigenvalue weighted by Crippen LogP contribution is 2.21. The molecule has 1 aliphatic rings. The third-order valence-electron chi connectivity index (χ3n) is 4.12. The lowest BCUT2D eigenvalue weighted by Gasteiger charge is -2.28. The van der Waals surface area contributed by atoms with Gasteiger partial charge in [-0.1, -0.05) is 61.0 Å². The van der Waals surface area contributed by atoms with Crippen molar-refractivity contribution in [3.8, 4) is 0 Å². The summed E-state index contributed by atoms with van der Waals surface area (Å²) in [6, 6.07) is 10.5. The second kappa shape index (κ2) is 11.8. The fourth-order valence-corrected chi connectivity index (χ4v) is 2.86. The van der Waals surface area contributed by atoms with Crippen molar-refractivity contribution in [2.45, 2.75) is 38.6 Å². The van der Waals surface area contributed by atoms with Crippen molar-refractivity contribution >= 4 is 17.7 Å². The molecule has 2 atom stereocenters. The minimum absolute atomic E-state index is 0.532. The van der Waals surface area contributed by atoms with E-state index < -0.39 is 11.9 Å². The monoisotopic (exact) mass is 362 g/mol. The van der Waals surface area contributed by atoms with Gasteiger partial charge in [0.25, 0.3) is 0 Å². The van der Waals surface area contributed by atoms with E-state index in [1.165, 1.54) is 12.8 Å². The molecular weight excluding hydrogens is 336 g/mol. The molecule has 2 unspecified atom stereocenters. The van der Waals surface area contributed by atoms with Crippen molar-refractivity contribution in [1.29, 1.82) is 0 Å². The summed E-state index contributed by atoms with van der Waals surface area (Å²) in [5.41, 5.74) is 1.79. The molecule has 0 saturated heterocycles. The van der Waals surface area contributed by atoms with Crippen LogP contribution in [0.4, 0.5) is 0 Å². The predicted molar refractivity (Wildman–Crippen MR) is 98.6 cm³/mol. The maximum Gasteiger partial charge on any atom is 0.414 e. The van der Waals surface area contributed by atoms with Crippen LogP contribution in [-0.2, 0) is 9.59 Å². The third kappa shape index (κ3) is 7.48. The number of hydrogen-bond donors (Lipinski definition) is 4. The van der Waals surface area contributed by atoms with Crippen LogP contribution in [0.15, 0.2) is 47.6 Å². The van der Waals surface area contributed by atoms with E-state index in [0.717, 1.165) is 30.7 Å². The van der Waals surface area contributed by atoms with Crippen LogP contribution in [-0.4, -0.2) is 45.7 Å². The van der Waals surface area contributed by atoms with Gasteiger partial charge in [0.2, 0.25) is 0 Å². The first-order valence-electron chi connectivity index (χ1n) is 8.62. The van der Waals surface area contributed by atoms with Crippen molar-refractivity contribution in [2.75, 3.05) is 6.54 Å². The van der Waals surface area contributed by atoms with Gasteiger partial charge in [0.1, 0.15) is 0 Å². The van der Waals surface area contributed by atoms with Crippen LogP contribution in [0, 0.1) is 5.92 Å². The number of nitrogens with zero attached hydrogens (tertiary/aromatic N) is 1. The molecule has 0 aliphatic carbocycles. The topological polar surface area (TPSA) is 119 Å². The normalized spacial score (nSPS) is 19.3. The second-order valence-corrected chi connectivity index (χ2v) is 5.96. The maximum atomic E-state index is 9.23. The summed E-state index contributed by atoms with van der Waals surface area (Å²) in [7, 11) is 0. The van der Waals surface area contributed by atoms with Gasteiger partial charge in [0.15, 0.2) is 0 Å². The highest BCUT2D eigenvalue weighted by atomic mass is 16.4. The molecule has 0 radical (unpaired) electrons. The Morgan fingerprint density at radius 1 is 1.15 bits per heavy atom. The zero-order valence-corrected chi connectivity index (χ0v) is 14.8. The van der Waals surface area contributed by atoms with Gasteiger partial charge in [-0.15, -0.1) is 0 Å². The highest BCUT2D eigenvalue weighted by Gasteiger charge is 2.21. The molecule has 7 heteroatoms. The molecule has 0 bridgehead atoms. The van der Waals surface area contributed by atoms with Gasteiger partial charge in [-0.2, -0.15) is 0 Å². The van der Waals surface area contributed by atoms with E-state index in [9.17, 15) is 5.21 Å². The van der Waals surface area contributed by atoms with Crippen LogP contribution < -0.4 is 5.32 Å². The van der Waals surface area contributed by atoms with E-state index in [4.69, 9.17) is 19.8 Å². The summed E-state index contributed by atoms with van der Waals surface area (Å²) in [6.07, 6.45) is 8.74. The first-order chi connectivity index (χ1) is 12.5. The van der Waals surface area contributed by atoms with E-state index in [1.54, 1.807) is 0 Å². The summed E-state index contributed by atoms with van der Waals surface area (Å²) in [5, 5.41) is 31.1. The number of benzene rings is 1. The number of rotatable bonds is 6. The second-order valence-electron chi connectivity index (χ2n) is 5.96. The van der Waals surface area contributed by atoms with Crippen molar-refractivity contribution in [2.24, 2.45) is 11.1 Å². The Bertz CT molecular complexity index is 616. The largest absolute Gasteiger partial charge is 0.473 e. The lowest BCUT2D eigenvalue weighted by Crippen LogP contribution is -2.38. The van der Waals surface area contributed by atoms with Crippen LogP contribution in [0.1, 0.15) is 38.2 Å². The lowest BCUT2D eigenvalue weighted by atomic mass is 9.87. The number of oxime groups is 1. The molecule has 7 nitrogen and oxygen atoms in total. The summed E-state index contributed by atoms with van der Waals surface area (Å²) < 4.78 is 0. The molecule has 0 saturated carbocycles. The molecule has 2 rings (SSSR count). The van der Waals surface area contributed by atoms with Crippen LogP contribution in [0.2, 0.25) is 0 Å². The van der Waals surface area contributed by atoms with Gasteiger partial charge in [-0.25, -0.2) is 9.59 Å². The fraction of sp³-hybridized carbons (Fsp3) is 0.421. The number of hydrogen-bond acceptors (Lipinski definition) is 5. The molecule has 4 N–H and O–H groups in total. The van der Waals surface area contributed by atoms with Gasteiger partial charge < -0.3 is 20.7 Å². The Kier molecular flexibility index (Phi) is 9.71. The average Bonchev–Trinajstić information content (AvgIpc) is 2.65. The molecule has 142 valence electrons. The van der Waals surface area contributed by atoms with Gasteiger partial charge in [-0.05, 0) is 30.7 Å². The first-order valence-corrected chi connectivity index (χ1v) is 8.62. The number of nitrogens with one attached hydrogen (secondary N) is 1. The Morgan fingerprint density at radius 2 is 1.81 bits per heavy atom. The zero-order chi connectivity index (χ0) is 19.4. The number of carboxylic acid groups (broad SMARTS) is 2. The molecule has 1 aromatic rings. The minimum Gasteiger partial charge on any atom is -0.473 e. The molecule has 1 aliphatic heterocycles. The van der Waals surface area contributed by atoms with Gasteiger partial charge in [0, 0.05) is 12.6 Å². The smallest absolute Gasteiger partial charge is 0.414 e. The van der Waals surface area contributed by atoms with E-state index >= 15 is 0 Å². The SMILES string of the molecule is CCCC1NCC=CC1CCC(=NO)c1ccccc1.O=C(O)C(=O)O. The van der Waals surface area contributed by atoms with Crippen molar-refractivity contribution in [3.05, 3.63) is 48.0 Å². The van der Waals surface area contributed by atoms with Crippen molar-refractivity contribution in [3.63, 3.8) is 0 Å². The standard InChI is InChI=1S/C17H24N2O.C2H2O4/c1-2-7-16-15(10-6-13-18-16)11-12-17(19-20)14-8-4-3-5-9-14;3-1(4)2(5)6/h3-6,8-10,15-16,18,20H,2,7,11-13H2,1H3;(H,3,4)(H,5,6). The van der Waals surface area contributed by atoms with E-state index in [2.05, 4.69) is 29.5 Å². The average molecular weight is 362 g/mol. The number of carboxylic acids is 2. The highest BCUT2D eigenvalue weighted by molar-refractivity contribution is 6.27. The Morgan fingerprint density at radius 3 is 2.35 bits per heavy atom. The van der Waals surface area contributed by atoms with Crippen LogP contribution >= 0.6 is 0 Å². The summed E-state index contributed by atoms with van der Waals surface area (Å²) >= 11 is 0. The maximum absolute atomic E-state index is 9.23. The van der Waals surface area contributed by atoms with Crippen LogP contribution in [0.25, 0.3) is 0 Å². The third-order valence-corrected chi connectivity index (χ3v) is 4.12. The van der Waals surface area contributed by atoms with Crippen molar-refractivity contribution < 1.29 is 25.0 Å². The molecular formula is C19H26N2O5. The summed E-state index contributed by atoms with van der Waals surface area (Å²) in [4.78, 5) is 18.2. The Labute approximate surface area is 153 Å². The van der Waals surface area contributed by atoms with E-state index in [0.29, 0.717) is 12.0 Å². The van der Waals surface area contributed by atoms with Gasteiger partial charge >= 0.3 is 11.9 Å². The zero-order valence-electron chi connectivity index (χ0n) is 14.8. The minimum atomic E-state index is -1.82. The first kappa shape index (κ1) is 21.4. The quantitative estimate of drug-likeness (QED) is 0.203. The molecule has 0 fully saturated rings. The van der Waals surface area contributed by atoms with Crippen LogP contribution in [0.5, 0.6) is 0 Å². The predicted octanol–water partition coefficient (Wildman–Crippen LogP) is 2.75. The van der Waals surface area contributed by atoms with Crippen molar-refractivity contribution in [1.82, 2.24) is 5.32 Å². The molecule has 26 heavy (non-hydrogen) atoms. The molecule has 1 heterocycles. The molecule has 0 spiro atoms. The van der Waals surface area contributed by atoms with Gasteiger partial charge in [0.05, 0.1) is 5.71 Å². The molecule has 1 aromatic carbocycles. The van der Waals surface area contributed by atoms with E-state index in [1.807, 2.05) is 30.3 Å². The summed E-state index contributed by atoms with van der Waals surface area (Å²) in [6.45, 7) is 3.20. The number of carbonyl (C=O) groups is 2. The van der Waals surface area contributed by atoms with Gasteiger partial charge in [-0.3, -0.25) is 0 Å². The number of aliphatic carboxylic acids is 2.